The first kappa shape index (κ1) is 17.4. The van der Waals surface area contributed by atoms with Crippen LogP contribution in [0.15, 0.2) is 47.8 Å². The summed E-state index contributed by atoms with van der Waals surface area (Å²) in [5, 5.41) is 5.65. The molecule has 1 aliphatic heterocycles. The van der Waals surface area contributed by atoms with Crippen molar-refractivity contribution in [1.29, 1.82) is 0 Å². The van der Waals surface area contributed by atoms with Gasteiger partial charge >= 0.3 is 0 Å². The summed E-state index contributed by atoms with van der Waals surface area (Å²) in [4.78, 5) is 19.1. The van der Waals surface area contributed by atoms with Crippen LogP contribution in [0.25, 0.3) is 0 Å². The number of rotatable bonds is 5. The van der Waals surface area contributed by atoms with Crippen molar-refractivity contribution in [2.75, 3.05) is 31.0 Å². The highest BCUT2D eigenvalue weighted by Gasteiger charge is 2.26. The average molecular weight is 381 g/mol. The molecule has 3 aromatic rings. The van der Waals surface area contributed by atoms with Crippen molar-refractivity contribution in [3.63, 3.8) is 0 Å². The Morgan fingerprint density at radius 1 is 1.15 bits per heavy atom. The number of fused-ring (bicyclic) bond motifs is 1. The molecule has 0 saturated carbocycles. The van der Waals surface area contributed by atoms with Gasteiger partial charge in [0.05, 0.1) is 14.2 Å². The Morgan fingerprint density at radius 2 is 1.96 bits per heavy atom. The van der Waals surface area contributed by atoms with Crippen LogP contribution in [0.4, 0.5) is 16.5 Å². The summed E-state index contributed by atoms with van der Waals surface area (Å²) < 4.78 is 10.6. The third-order valence-electron chi connectivity index (χ3n) is 4.49. The Bertz CT molecular complexity index is 986. The lowest BCUT2D eigenvalue weighted by Gasteiger charge is -2.15. The highest BCUT2D eigenvalue weighted by atomic mass is 32.1. The average Bonchev–Trinajstić information content (AvgIpc) is 3.34. The Kier molecular flexibility index (Phi) is 4.68. The lowest BCUT2D eigenvalue weighted by molar-refractivity contribution is 0.0985. The van der Waals surface area contributed by atoms with Crippen molar-refractivity contribution in [3.05, 3.63) is 59.1 Å². The van der Waals surface area contributed by atoms with E-state index in [-0.39, 0.29) is 5.91 Å². The first-order valence-electron chi connectivity index (χ1n) is 8.54. The second-order valence-corrected chi connectivity index (χ2v) is 6.93. The van der Waals surface area contributed by atoms with Gasteiger partial charge in [-0.05, 0) is 30.2 Å². The van der Waals surface area contributed by atoms with Gasteiger partial charge in [0.1, 0.15) is 5.69 Å². The maximum atomic E-state index is 12.9. The maximum absolute atomic E-state index is 12.9. The third-order valence-corrected chi connectivity index (χ3v) is 5.25. The van der Waals surface area contributed by atoms with Gasteiger partial charge in [0.15, 0.2) is 16.6 Å². The molecule has 1 amide bonds. The number of hydrogen-bond acceptors (Lipinski definition) is 6. The number of aromatic nitrogens is 1. The summed E-state index contributed by atoms with van der Waals surface area (Å²) in [7, 11) is 3.19. The number of nitrogens with zero attached hydrogens (tertiary/aromatic N) is 2. The van der Waals surface area contributed by atoms with Gasteiger partial charge in [-0.25, -0.2) is 4.98 Å². The molecule has 1 aromatic heterocycles. The molecule has 0 saturated heterocycles. The van der Waals surface area contributed by atoms with Crippen LogP contribution >= 0.6 is 11.3 Å². The molecule has 2 heterocycles. The molecule has 0 spiro atoms. The summed E-state index contributed by atoms with van der Waals surface area (Å²) in [5.74, 6) is 1.21. The van der Waals surface area contributed by atoms with Gasteiger partial charge in [-0.2, -0.15) is 0 Å². The van der Waals surface area contributed by atoms with Crippen molar-refractivity contribution in [1.82, 2.24) is 4.98 Å². The lowest BCUT2D eigenvalue weighted by atomic mass is 10.2. The molecule has 1 N–H and O–H groups in total. The van der Waals surface area contributed by atoms with E-state index in [0.29, 0.717) is 28.9 Å². The van der Waals surface area contributed by atoms with E-state index in [1.807, 2.05) is 36.4 Å². The topological polar surface area (TPSA) is 63.7 Å². The van der Waals surface area contributed by atoms with Crippen LogP contribution in [0.1, 0.15) is 16.1 Å². The minimum absolute atomic E-state index is 0.0726. The van der Waals surface area contributed by atoms with Crippen LogP contribution in [-0.4, -0.2) is 31.7 Å². The summed E-state index contributed by atoms with van der Waals surface area (Å²) >= 11 is 1.39. The smallest absolute Gasteiger partial charge is 0.277 e. The molecular weight excluding hydrogens is 362 g/mol. The van der Waals surface area contributed by atoms with Gasteiger partial charge in [0.2, 0.25) is 0 Å². The number of ether oxygens (including phenoxy) is 2. The fourth-order valence-corrected chi connectivity index (χ4v) is 3.86. The number of carbonyl (C=O) groups is 1. The van der Waals surface area contributed by atoms with E-state index in [2.05, 4.69) is 16.4 Å². The van der Waals surface area contributed by atoms with Crippen LogP contribution < -0.4 is 19.7 Å². The summed E-state index contributed by atoms with van der Waals surface area (Å²) in [6, 6.07) is 13.5. The third kappa shape index (κ3) is 3.33. The van der Waals surface area contributed by atoms with Gasteiger partial charge in [0.25, 0.3) is 5.91 Å². The SMILES string of the molecule is COc1ccc(Nc2nc(C(=O)N3CCc4ccccc43)cs2)cc1OC. The van der Waals surface area contributed by atoms with E-state index in [1.54, 1.807) is 24.5 Å². The second-order valence-electron chi connectivity index (χ2n) is 6.07. The number of methoxy groups -OCH3 is 2. The Labute approximate surface area is 161 Å². The number of benzene rings is 2. The molecule has 2 aromatic carbocycles. The molecule has 7 heteroatoms. The molecule has 1 aliphatic rings. The Morgan fingerprint density at radius 3 is 2.78 bits per heavy atom. The van der Waals surface area contributed by atoms with Crippen molar-refractivity contribution in [2.24, 2.45) is 0 Å². The zero-order valence-corrected chi connectivity index (χ0v) is 15.9. The quantitative estimate of drug-likeness (QED) is 0.721. The minimum atomic E-state index is -0.0726. The predicted octanol–water partition coefficient (Wildman–Crippen LogP) is 4.11. The van der Waals surface area contributed by atoms with E-state index >= 15 is 0 Å². The van der Waals surface area contributed by atoms with Gasteiger partial charge in [-0.3, -0.25) is 4.79 Å². The fraction of sp³-hybridized carbons (Fsp3) is 0.200. The van der Waals surface area contributed by atoms with Crippen molar-refractivity contribution in [2.45, 2.75) is 6.42 Å². The number of nitrogens with one attached hydrogen (secondary N) is 1. The summed E-state index contributed by atoms with van der Waals surface area (Å²) in [6.07, 6.45) is 0.878. The molecule has 0 radical (unpaired) electrons. The van der Waals surface area contributed by atoms with E-state index in [4.69, 9.17) is 9.47 Å². The normalized spacial score (nSPS) is 12.6. The predicted molar refractivity (Wildman–Crippen MR) is 107 cm³/mol. The van der Waals surface area contributed by atoms with Crippen molar-refractivity contribution in [3.8, 4) is 11.5 Å². The standard InChI is InChI=1S/C20H19N3O3S/c1-25-17-8-7-14(11-18(17)26-2)21-20-22-15(12-27-20)19(24)23-10-9-13-5-3-4-6-16(13)23/h3-8,11-12H,9-10H2,1-2H3,(H,21,22). The van der Waals surface area contributed by atoms with Crippen LogP contribution in [0.3, 0.4) is 0 Å². The molecule has 0 aliphatic carbocycles. The first-order valence-corrected chi connectivity index (χ1v) is 9.42. The number of hydrogen-bond donors (Lipinski definition) is 1. The number of carbonyl (C=O) groups excluding carboxylic acids is 1. The summed E-state index contributed by atoms with van der Waals surface area (Å²) in [5.41, 5.74) is 3.43. The van der Waals surface area contributed by atoms with Crippen LogP contribution in [0, 0.1) is 0 Å². The monoisotopic (exact) mass is 381 g/mol. The Hall–Kier alpha value is -3.06. The van der Waals surface area contributed by atoms with Gasteiger partial charge < -0.3 is 19.7 Å². The highest BCUT2D eigenvalue weighted by molar-refractivity contribution is 7.14. The van der Waals surface area contributed by atoms with Crippen LogP contribution in [0.2, 0.25) is 0 Å². The zero-order valence-electron chi connectivity index (χ0n) is 15.1. The number of anilines is 3. The van der Waals surface area contributed by atoms with E-state index in [1.165, 1.54) is 16.9 Å². The Balaban J connectivity index is 1.52. The van der Waals surface area contributed by atoms with Crippen LogP contribution in [-0.2, 0) is 6.42 Å². The summed E-state index contributed by atoms with van der Waals surface area (Å²) in [6.45, 7) is 0.689. The molecule has 6 nitrogen and oxygen atoms in total. The first-order chi connectivity index (χ1) is 13.2. The fourth-order valence-electron chi connectivity index (χ4n) is 3.15. The lowest BCUT2D eigenvalue weighted by Crippen LogP contribution is -2.29. The zero-order chi connectivity index (χ0) is 18.8. The van der Waals surface area contributed by atoms with Gasteiger partial charge in [-0.15, -0.1) is 11.3 Å². The van der Waals surface area contributed by atoms with E-state index < -0.39 is 0 Å². The molecule has 0 unspecified atom stereocenters. The van der Waals surface area contributed by atoms with Gasteiger partial charge in [-0.1, -0.05) is 18.2 Å². The molecule has 0 fully saturated rings. The molecule has 4 rings (SSSR count). The maximum Gasteiger partial charge on any atom is 0.277 e. The van der Waals surface area contributed by atoms with Crippen LogP contribution in [0.5, 0.6) is 11.5 Å². The van der Waals surface area contributed by atoms with Crippen molar-refractivity contribution < 1.29 is 14.3 Å². The van der Waals surface area contributed by atoms with E-state index in [0.717, 1.165) is 17.8 Å². The molecule has 138 valence electrons. The van der Waals surface area contributed by atoms with Gasteiger partial charge in [0, 0.05) is 29.4 Å². The van der Waals surface area contributed by atoms with E-state index in [9.17, 15) is 4.79 Å². The molecule has 0 bridgehead atoms. The molecule has 27 heavy (non-hydrogen) atoms. The number of amides is 1. The second kappa shape index (κ2) is 7.28. The van der Waals surface area contributed by atoms with Crippen molar-refractivity contribution >= 4 is 33.8 Å². The number of para-hydroxylation sites is 1. The highest BCUT2D eigenvalue weighted by Crippen LogP contribution is 2.33. The molecule has 0 atom stereocenters. The minimum Gasteiger partial charge on any atom is -0.493 e. The molecular formula is C20H19N3O3S. The largest absolute Gasteiger partial charge is 0.493 e. The number of thiazole rings is 1.